The normalized spacial score (nSPS) is 10.4. The van der Waals surface area contributed by atoms with Crippen LogP contribution in [0.4, 0.5) is 11.5 Å². The van der Waals surface area contributed by atoms with Gasteiger partial charge in [-0.3, -0.25) is 4.79 Å². The van der Waals surface area contributed by atoms with E-state index in [-0.39, 0.29) is 5.91 Å². The highest BCUT2D eigenvalue weighted by molar-refractivity contribution is 5.92. The largest absolute Gasteiger partial charge is 0.347 e. The fourth-order valence-electron chi connectivity index (χ4n) is 2.54. The third-order valence-corrected chi connectivity index (χ3v) is 4.13. The molecule has 26 heavy (non-hydrogen) atoms. The molecule has 2 N–H and O–H groups in total. The first kappa shape index (κ1) is 17.6. The zero-order chi connectivity index (χ0) is 18.5. The Morgan fingerprint density at radius 3 is 2.42 bits per heavy atom. The third-order valence-electron chi connectivity index (χ3n) is 4.13. The van der Waals surface area contributed by atoms with Crippen molar-refractivity contribution in [1.29, 1.82) is 0 Å². The van der Waals surface area contributed by atoms with Crippen LogP contribution in [-0.4, -0.2) is 15.9 Å². The Bertz CT molecular complexity index is 920. The summed E-state index contributed by atoms with van der Waals surface area (Å²) in [4.78, 5) is 20.7. The smallest absolute Gasteiger partial charge is 0.270 e. The van der Waals surface area contributed by atoms with Gasteiger partial charge in [-0.15, -0.1) is 0 Å². The summed E-state index contributed by atoms with van der Waals surface area (Å²) in [5, 5.41) is 6.15. The van der Waals surface area contributed by atoms with Crippen LogP contribution in [0.2, 0.25) is 0 Å². The zero-order valence-corrected chi connectivity index (χ0v) is 15.2. The van der Waals surface area contributed by atoms with E-state index in [1.807, 2.05) is 51.1 Å². The quantitative estimate of drug-likeness (QED) is 0.731. The first-order valence-corrected chi connectivity index (χ1v) is 8.51. The van der Waals surface area contributed by atoms with Gasteiger partial charge in [-0.2, -0.15) is 0 Å². The second-order valence-electron chi connectivity index (χ2n) is 6.40. The van der Waals surface area contributed by atoms with Crippen molar-refractivity contribution in [2.75, 3.05) is 5.32 Å². The van der Waals surface area contributed by atoms with E-state index in [2.05, 4.69) is 32.7 Å². The third kappa shape index (κ3) is 4.45. The van der Waals surface area contributed by atoms with Gasteiger partial charge in [0.1, 0.15) is 17.8 Å². The topological polar surface area (TPSA) is 66.9 Å². The molecule has 0 saturated carbocycles. The molecule has 1 heterocycles. The molecule has 0 unspecified atom stereocenters. The van der Waals surface area contributed by atoms with Gasteiger partial charge in [-0.05, 0) is 43.5 Å². The summed E-state index contributed by atoms with van der Waals surface area (Å²) in [6.45, 7) is 6.56. The molecule has 0 radical (unpaired) electrons. The molecule has 0 aliphatic heterocycles. The summed E-state index contributed by atoms with van der Waals surface area (Å²) >= 11 is 0. The van der Waals surface area contributed by atoms with Crippen molar-refractivity contribution >= 4 is 17.4 Å². The molecule has 0 aliphatic carbocycles. The van der Waals surface area contributed by atoms with Gasteiger partial charge < -0.3 is 10.6 Å². The van der Waals surface area contributed by atoms with Crippen molar-refractivity contribution in [1.82, 2.24) is 15.3 Å². The molecular formula is C21H22N4O. The molecule has 2 aromatic carbocycles. The number of aryl methyl sites for hydroxylation is 3. The van der Waals surface area contributed by atoms with Crippen LogP contribution in [0, 0.1) is 20.8 Å². The minimum atomic E-state index is -0.225. The fourth-order valence-corrected chi connectivity index (χ4v) is 2.54. The summed E-state index contributed by atoms with van der Waals surface area (Å²) in [6.07, 6.45) is 1.40. The van der Waals surface area contributed by atoms with Crippen LogP contribution in [0.15, 0.2) is 54.9 Å². The summed E-state index contributed by atoms with van der Waals surface area (Å²) in [6, 6.07) is 15.9. The molecule has 1 amide bonds. The van der Waals surface area contributed by atoms with Gasteiger partial charge in [0.2, 0.25) is 0 Å². The first-order valence-electron chi connectivity index (χ1n) is 8.51. The Labute approximate surface area is 153 Å². The lowest BCUT2D eigenvalue weighted by atomic mass is 10.1. The Morgan fingerprint density at radius 1 is 0.923 bits per heavy atom. The van der Waals surface area contributed by atoms with Gasteiger partial charge in [0, 0.05) is 18.3 Å². The van der Waals surface area contributed by atoms with Gasteiger partial charge in [0.05, 0.1) is 0 Å². The Balaban J connectivity index is 1.69. The standard InChI is InChI=1S/C21H22N4O/c1-14-5-8-17(9-6-14)12-22-21(26)19-11-20(24-13-23-19)25-18-10-15(2)4-7-16(18)3/h4-11,13H,12H2,1-3H3,(H,22,26)(H,23,24,25). The van der Waals surface area contributed by atoms with E-state index in [1.54, 1.807) is 6.07 Å². The summed E-state index contributed by atoms with van der Waals surface area (Å²) in [7, 11) is 0. The minimum Gasteiger partial charge on any atom is -0.347 e. The Kier molecular flexibility index (Phi) is 5.27. The predicted molar refractivity (Wildman–Crippen MR) is 104 cm³/mol. The SMILES string of the molecule is Cc1ccc(CNC(=O)c2cc(Nc3cc(C)ccc3C)ncn2)cc1. The van der Waals surface area contributed by atoms with E-state index >= 15 is 0 Å². The number of hydrogen-bond donors (Lipinski definition) is 2. The van der Waals surface area contributed by atoms with Crippen LogP contribution in [0.25, 0.3) is 0 Å². The van der Waals surface area contributed by atoms with Gasteiger partial charge in [0.15, 0.2) is 0 Å². The zero-order valence-electron chi connectivity index (χ0n) is 15.2. The lowest BCUT2D eigenvalue weighted by Gasteiger charge is -2.10. The van der Waals surface area contributed by atoms with Crippen LogP contribution < -0.4 is 10.6 Å². The van der Waals surface area contributed by atoms with Crippen molar-refractivity contribution in [3.8, 4) is 0 Å². The van der Waals surface area contributed by atoms with Crippen molar-refractivity contribution in [3.63, 3.8) is 0 Å². The number of aromatic nitrogens is 2. The number of rotatable bonds is 5. The Hall–Kier alpha value is -3.21. The van der Waals surface area contributed by atoms with Crippen LogP contribution in [0.3, 0.4) is 0 Å². The predicted octanol–water partition coefficient (Wildman–Crippen LogP) is 4.08. The molecular weight excluding hydrogens is 324 g/mol. The molecule has 0 atom stereocenters. The Morgan fingerprint density at radius 2 is 1.65 bits per heavy atom. The van der Waals surface area contributed by atoms with E-state index in [0.29, 0.717) is 18.1 Å². The van der Waals surface area contributed by atoms with E-state index in [9.17, 15) is 4.79 Å². The van der Waals surface area contributed by atoms with Gasteiger partial charge in [-0.1, -0.05) is 42.0 Å². The average molecular weight is 346 g/mol. The molecule has 5 heteroatoms. The molecule has 132 valence electrons. The van der Waals surface area contributed by atoms with Crippen LogP contribution in [0.1, 0.15) is 32.7 Å². The van der Waals surface area contributed by atoms with E-state index in [4.69, 9.17) is 0 Å². The van der Waals surface area contributed by atoms with E-state index in [1.165, 1.54) is 11.9 Å². The number of benzene rings is 2. The van der Waals surface area contributed by atoms with E-state index in [0.717, 1.165) is 22.4 Å². The highest BCUT2D eigenvalue weighted by Crippen LogP contribution is 2.20. The maximum Gasteiger partial charge on any atom is 0.270 e. The molecule has 3 rings (SSSR count). The van der Waals surface area contributed by atoms with Crippen molar-refractivity contribution in [2.24, 2.45) is 0 Å². The number of nitrogens with zero attached hydrogens (tertiary/aromatic N) is 2. The number of anilines is 2. The van der Waals surface area contributed by atoms with Crippen molar-refractivity contribution in [3.05, 3.63) is 82.8 Å². The van der Waals surface area contributed by atoms with Crippen LogP contribution in [-0.2, 0) is 6.54 Å². The molecule has 5 nitrogen and oxygen atoms in total. The summed E-state index contributed by atoms with van der Waals surface area (Å²) in [5.74, 6) is 0.367. The highest BCUT2D eigenvalue weighted by atomic mass is 16.1. The molecule has 1 aromatic heterocycles. The lowest BCUT2D eigenvalue weighted by molar-refractivity contribution is 0.0946. The van der Waals surface area contributed by atoms with Crippen molar-refractivity contribution in [2.45, 2.75) is 27.3 Å². The number of hydrogen-bond acceptors (Lipinski definition) is 4. The first-order chi connectivity index (χ1) is 12.5. The van der Waals surface area contributed by atoms with Gasteiger partial charge in [-0.25, -0.2) is 9.97 Å². The maximum absolute atomic E-state index is 12.4. The average Bonchev–Trinajstić information content (AvgIpc) is 2.64. The van der Waals surface area contributed by atoms with Crippen LogP contribution in [0.5, 0.6) is 0 Å². The molecule has 0 aliphatic rings. The number of carbonyl (C=O) groups is 1. The fraction of sp³-hybridized carbons (Fsp3) is 0.190. The highest BCUT2D eigenvalue weighted by Gasteiger charge is 2.09. The minimum absolute atomic E-state index is 0.225. The maximum atomic E-state index is 12.4. The lowest BCUT2D eigenvalue weighted by Crippen LogP contribution is -2.24. The number of carbonyl (C=O) groups excluding carboxylic acids is 1. The second kappa shape index (κ2) is 7.78. The van der Waals surface area contributed by atoms with Crippen LogP contribution >= 0.6 is 0 Å². The molecule has 0 bridgehead atoms. The van der Waals surface area contributed by atoms with E-state index < -0.39 is 0 Å². The monoisotopic (exact) mass is 346 g/mol. The molecule has 3 aromatic rings. The molecule has 0 fully saturated rings. The molecule has 0 spiro atoms. The second-order valence-corrected chi connectivity index (χ2v) is 6.40. The number of nitrogens with one attached hydrogen (secondary N) is 2. The summed E-state index contributed by atoms with van der Waals surface area (Å²) in [5.41, 5.74) is 5.81. The van der Waals surface area contributed by atoms with Gasteiger partial charge in [0.25, 0.3) is 5.91 Å². The molecule has 0 saturated heterocycles. The van der Waals surface area contributed by atoms with Gasteiger partial charge >= 0.3 is 0 Å². The number of amides is 1. The summed E-state index contributed by atoms with van der Waals surface area (Å²) < 4.78 is 0. The van der Waals surface area contributed by atoms with Crippen molar-refractivity contribution < 1.29 is 4.79 Å².